The first-order valence-electron chi connectivity index (χ1n) is 7.38. The molecular weight excluding hydrogens is 348 g/mol. The van der Waals surface area contributed by atoms with E-state index in [9.17, 15) is 4.79 Å². The first-order chi connectivity index (χ1) is 9.95. The lowest BCUT2D eigenvalue weighted by Crippen LogP contribution is -2.47. The summed E-state index contributed by atoms with van der Waals surface area (Å²) in [6, 6.07) is 5.07. The maximum absolute atomic E-state index is 12.1. The summed E-state index contributed by atoms with van der Waals surface area (Å²) >= 11 is 5.16. The van der Waals surface area contributed by atoms with Crippen molar-refractivity contribution < 1.29 is 4.79 Å². The Morgan fingerprint density at radius 3 is 2.90 bits per heavy atom. The van der Waals surface area contributed by atoms with Crippen LogP contribution in [0, 0.1) is 13.8 Å². The maximum atomic E-state index is 12.1. The van der Waals surface area contributed by atoms with Gasteiger partial charge < -0.3 is 10.6 Å². The summed E-state index contributed by atoms with van der Waals surface area (Å²) in [5, 5.41) is 6.56. The van der Waals surface area contributed by atoms with Crippen LogP contribution in [0.15, 0.2) is 21.5 Å². The quantitative estimate of drug-likeness (QED) is 0.797. The fraction of sp³-hybridized carbons (Fsp3) is 0.562. The van der Waals surface area contributed by atoms with Crippen LogP contribution in [0.25, 0.3) is 0 Å². The van der Waals surface area contributed by atoms with Crippen molar-refractivity contribution >= 4 is 33.6 Å². The third kappa shape index (κ3) is 5.01. The molecule has 1 heterocycles. The zero-order chi connectivity index (χ0) is 15.4. The van der Waals surface area contributed by atoms with Gasteiger partial charge >= 0.3 is 0 Å². The minimum absolute atomic E-state index is 0.138. The van der Waals surface area contributed by atoms with Gasteiger partial charge in [0.15, 0.2) is 0 Å². The van der Waals surface area contributed by atoms with E-state index in [1.807, 2.05) is 0 Å². The predicted octanol–water partition coefficient (Wildman–Crippen LogP) is 3.41. The van der Waals surface area contributed by atoms with Crippen LogP contribution < -0.4 is 10.6 Å². The van der Waals surface area contributed by atoms with Gasteiger partial charge in [-0.1, -0.05) is 15.9 Å². The van der Waals surface area contributed by atoms with Gasteiger partial charge in [0.25, 0.3) is 0 Å². The molecule has 0 spiro atoms. The van der Waals surface area contributed by atoms with E-state index in [0.717, 1.165) is 23.9 Å². The van der Waals surface area contributed by atoms with Crippen molar-refractivity contribution in [2.75, 3.05) is 12.3 Å². The molecule has 5 heteroatoms. The average molecular weight is 371 g/mol. The van der Waals surface area contributed by atoms with Gasteiger partial charge in [0.05, 0.1) is 5.75 Å². The highest BCUT2D eigenvalue weighted by Gasteiger charge is 2.19. The monoisotopic (exact) mass is 370 g/mol. The predicted molar refractivity (Wildman–Crippen MR) is 93.0 cm³/mol. The second-order valence-corrected chi connectivity index (χ2v) is 7.67. The first-order valence-corrected chi connectivity index (χ1v) is 9.16. The average Bonchev–Trinajstić information content (AvgIpc) is 2.41. The highest BCUT2D eigenvalue weighted by Crippen LogP contribution is 2.28. The summed E-state index contributed by atoms with van der Waals surface area (Å²) in [5.74, 6) is 0.624. The molecule has 0 saturated carbocycles. The van der Waals surface area contributed by atoms with Crippen LogP contribution in [0.1, 0.15) is 30.9 Å². The number of carbonyl (C=O) groups is 1. The van der Waals surface area contributed by atoms with Gasteiger partial charge in [-0.05, 0) is 63.4 Å². The molecule has 1 saturated heterocycles. The molecule has 1 amide bonds. The molecule has 0 bridgehead atoms. The number of amides is 1. The summed E-state index contributed by atoms with van der Waals surface area (Å²) in [5.41, 5.74) is 2.41. The number of hydrogen-bond acceptors (Lipinski definition) is 3. The first kappa shape index (κ1) is 16.8. The molecule has 1 fully saturated rings. The molecule has 21 heavy (non-hydrogen) atoms. The van der Waals surface area contributed by atoms with Crippen molar-refractivity contribution in [3.8, 4) is 0 Å². The van der Waals surface area contributed by atoms with E-state index >= 15 is 0 Å². The fourth-order valence-corrected chi connectivity index (χ4v) is 3.96. The fourth-order valence-electron chi connectivity index (χ4n) is 2.59. The van der Waals surface area contributed by atoms with Crippen molar-refractivity contribution in [1.29, 1.82) is 0 Å². The molecule has 1 aromatic carbocycles. The van der Waals surface area contributed by atoms with Gasteiger partial charge in [-0.25, -0.2) is 0 Å². The zero-order valence-electron chi connectivity index (χ0n) is 12.8. The van der Waals surface area contributed by atoms with Gasteiger partial charge in [-0.15, -0.1) is 11.8 Å². The van der Waals surface area contributed by atoms with Crippen LogP contribution in [0.5, 0.6) is 0 Å². The SMILES string of the molecule is Cc1cc(SCC(=O)NC2CCNC(C)C2)c(C)cc1Br. The molecule has 2 rings (SSSR count). The second-order valence-electron chi connectivity index (χ2n) is 5.80. The maximum Gasteiger partial charge on any atom is 0.230 e. The van der Waals surface area contributed by atoms with Crippen LogP contribution in [0.4, 0.5) is 0 Å². The molecule has 116 valence electrons. The second kappa shape index (κ2) is 7.65. The van der Waals surface area contributed by atoms with Crippen molar-refractivity contribution in [1.82, 2.24) is 10.6 Å². The van der Waals surface area contributed by atoms with Gasteiger partial charge in [-0.2, -0.15) is 0 Å². The molecule has 1 aromatic rings. The van der Waals surface area contributed by atoms with Crippen LogP contribution in [0.3, 0.4) is 0 Å². The topological polar surface area (TPSA) is 41.1 Å². The Labute approximate surface area is 139 Å². The minimum Gasteiger partial charge on any atom is -0.353 e. The Balaban J connectivity index is 1.85. The normalized spacial score (nSPS) is 22.1. The number of thioether (sulfide) groups is 1. The standard InChI is InChI=1S/C16H23BrN2OS/c1-10-7-15(11(2)6-14(10)17)21-9-16(20)19-13-4-5-18-12(3)8-13/h6-7,12-13,18H,4-5,8-9H2,1-3H3,(H,19,20). The Hall–Kier alpha value is -0.520. The highest BCUT2D eigenvalue weighted by atomic mass is 79.9. The molecule has 0 aromatic heterocycles. The summed E-state index contributed by atoms with van der Waals surface area (Å²) < 4.78 is 1.12. The van der Waals surface area contributed by atoms with E-state index in [-0.39, 0.29) is 5.91 Å². The number of carbonyl (C=O) groups excluding carboxylic acids is 1. The largest absolute Gasteiger partial charge is 0.353 e. The Kier molecular flexibility index (Phi) is 6.14. The highest BCUT2D eigenvalue weighted by molar-refractivity contribution is 9.10. The van der Waals surface area contributed by atoms with Crippen molar-refractivity contribution in [2.24, 2.45) is 0 Å². The van der Waals surface area contributed by atoms with Crippen LogP contribution in [-0.2, 0) is 4.79 Å². The number of aryl methyl sites for hydroxylation is 2. The number of rotatable bonds is 4. The molecular formula is C16H23BrN2OS. The minimum atomic E-state index is 0.138. The van der Waals surface area contributed by atoms with E-state index in [0.29, 0.717) is 17.8 Å². The lowest BCUT2D eigenvalue weighted by Gasteiger charge is -2.28. The molecule has 3 nitrogen and oxygen atoms in total. The van der Waals surface area contributed by atoms with Gasteiger partial charge in [0, 0.05) is 21.5 Å². The summed E-state index contributed by atoms with van der Waals surface area (Å²) in [6.07, 6.45) is 2.05. The lowest BCUT2D eigenvalue weighted by atomic mass is 10.0. The smallest absolute Gasteiger partial charge is 0.230 e. The van der Waals surface area contributed by atoms with E-state index < -0.39 is 0 Å². The number of nitrogens with one attached hydrogen (secondary N) is 2. The van der Waals surface area contributed by atoms with Crippen molar-refractivity contribution in [3.05, 3.63) is 27.7 Å². The van der Waals surface area contributed by atoms with Gasteiger partial charge in [0.2, 0.25) is 5.91 Å². The summed E-state index contributed by atoms with van der Waals surface area (Å²) in [6.45, 7) is 7.31. The molecule has 2 unspecified atom stereocenters. The Bertz CT molecular complexity index is 521. The Morgan fingerprint density at radius 1 is 1.43 bits per heavy atom. The lowest BCUT2D eigenvalue weighted by molar-refractivity contribution is -0.119. The Morgan fingerprint density at radius 2 is 2.19 bits per heavy atom. The number of piperidine rings is 1. The zero-order valence-corrected chi connectivity index (χ0v) is 15.2. The van der Waals surface area contributed by atoms with Gasteiger partial charge in [0.1, 0.15) is 0 Å². The van der Waals surface area contributed by atoms with Crippen molar-refractivity contribution in [2.45, 2.75) is 50.6 Å². The number of hydrogen-bond donors (Lipinski definition) is 2. The summed E-state index contributed by atoms with van der Waals surface area (Å²) in [7, 11) is 0. The molecule has 0 radical (unpaired) electrons. The molecule has 2 atom stereocenters. The third-order valence-corrected chi connectivity index (χ3v) is 5.82. The molecule has 2 N–H and O–H groups in total. The van der Waals surface area contributed by atoms with Crippen molar-refractivity contribution in [3.63, 3.8) is 0 Å². The van der Waals surface area contributed by atoms with E-state index in [1.165, 1.54) is 16.0 Å². The third-order valence-electron chi connectivity index (χ3n) is 3.80. The van der Waals surface area contributed by atoms with E-state index in [1.54, 1.807) is 11.8 Å². The van der Waals surface area contributed by atoms with Gasteiger partial charge in [-0.3, -0.25) is 4.79 Å². The summed E-state index contributed by atoms with van der Waals surface area (Å²) in [4.78, 5) is 13.3. The van der Waals surface area contributed by atoms with Crippen LogP contribution >= 0.6 is 27.7 Å². The van der Waals surface area contributed by atoms with E-state index in [4.69, 9.17) is 0 Å². The van der Waals surface area contributed by atoms with Crippen LogP contribution in [-0.4, -0.2) is 30.3 Å². The van der Waals surface area contributed by atoms with E-state index in [2.05, 4.69) is 59.5 Å². The molecule has 1 aliphatic rings. The number of halogens is 1. The molecule has 1 aliphatic heterocycles. The molecule has 0 aliphatic carbocycles. The van der Waals surface area contributed by atoms with Crippen LogP contribution in [0.2, 0.25) is 0 Å². The number of benzene rings is 1.